The Morgan fingerprint density at radius 2 is 1.22 bits per heavy atom. The number of rotatable bonds is 15. The summed E-state index contributed by atoms with van der Waals surface area (Å²) in [6.45, 7) is 15.9. The molecule has 0 bridgehead atoms. The third-order valence-electron chi connectivity index (χ3n) is 9.32. The zero-order chi connectivity index (χ0) is 42.1. The van der Waals surface area contributed by atoms with Crippen LogP contribution >= 0.6 is 11.6 Å². The van der Waals surface area contributed by atoms with Crippen LogP contribution in [0.15, 0.2) is 121 Å². The summed E-state index contributed by atoms with van der Waals surface area (Å²) in [5.74, 6) is 0.609. The maximum absolute atomic E-state index is 12.2. The van der Waals surface area contributed by atoms with Gasteiger partial charge in [-0.25, -0.2) is 15.8 Å². The van der Waals surface area contributed by atoms with Gasteiger partial charge in [0.05, 0.1) is 25.5 Å². The van der Waals surface area contributed by atoms with Crippen molar-refractivity contribution in [2.75, 3.05) is 65.4 Å². The van der Waals surface area contributed by atoms with E-state index in [1.54, 1.807) is 24.3 Å². The Hall–Kier alpha value is -5.77. The number of aromatic amines is 1. The molecule has 4 heterocycles. The summed E-state index contributed by atoms with van der Waals surface area (Å²) in [6, 6.07) is 18.8. The Bertz CT molecular complexity index is 1950. The molecule has 2 fully saturated rings. The molecule has 4 aromatic rings. The van der Waals surface area contributed by atoms with E-state index in [9.17, 15) is 19.8 Å². The number of pyridine rings is 2. The molecule has 0 spiro atoms. The molecule has 2 amide bonds. The number of H-pyrrole nitrogens is 1. The normalized spacial score (nSPS) is 14.7. The number of aromatic hydroxyl groups is 2. The number of aromatic nitrogens is 2. The fraction of sp³-hybridized carbons (Fsp3) is 0.318. The maximum Gasteiger partial charge on any atom is 0.254 e. The summed E-state index contributed by atoms with van der Waals surface area (Å²) >= 11 is 5.51. The number of phenolic OH excluding ortho intramolecular Hbond substituents is 2. The molecule has 2 aliphatic rings. The molecular weight excluding hydrogens is 768 g/mol. The third kappa shape index (κ3) is 16.9. The fourth-order valence-electron chi connectivity index (χ4n) is 6.13. The highest BCUT2D eigenvalue weighted by Gasteiger charge is 2.19. The molecule has 6 rings (SSSR count). The highest BCUT2D eigenvalue weighted by Crippen LogP contribution is 2.22. The van der Waals surface area contributed by atoms with Crippen LogP contribution in [0.1, 0.15) is 33.4 Å². The number of allylic oxidation sites excluding steroid dienone is 2. The van der Waals surface area contributed by atoms with Crippen molar-refractivity contribution in [3.63, 3.8) is 0 Å². The van der Waals surface area contributed by atoms with Crippen LogP contribution in [-0.2, 0) is 34.9 Å². The van der Waals surface area contributed by atoms with Gasteiger partial charge in [-0.1, -0.05) is 36.4 Å². The number of alkyl halides is 1. The number of para-hydroxylation sites is 2. The summed E-state index contributed by atoms with van der Waals surface area (Å²) in [5, 5.41) is 31.4. The van der Waals surface area contributed by atoms with Crippen molar-refractivity contribution in [3.8, 4) is 11.5 Å². The van der Waals surface area contributed by atoms with Gasteiger partial charge in [0.1, 0.15) is 11.5 Å². The lowest BCUT2D eigenvalue weighted by Gasteiger charge is -2.34. The molecule has 2 aliphatic heterocycles. The largest absolute Gasteiger partial charge is 0.507 e. The van der Waals surface area contributed by atoms with E-state index < -0.39 is 0 Å². The van der Waals surface area contributed by atoms with Crippen LogP contribution in [0.25, 0.3) is 0 Å². The van der Waals surface area contributed by atoms with E-state index in [4.69, 9.17) is 11.6 Å². The topological polar surface area (TPSA) is 172 Å². The Balaban J connectivity index is 0.000000225. The second-order valence-corrected chi connectivity index (χ2v) is 14.0. The molecule has 59 heavy (non-hydrogen) atoms. The van der Waals surface area contributed by atoms with Crippen molar-refractivity contribution in [2.24, 2.45) is 10.2 Å². The predicted octanol–water partition coefficient (Wildman–Crippen LogP) is 3.50. The molecule has 0 unspecified atom stereocenters. The Morgan fingerprint density at radius 1 is 0.729 bits per heavy atom. The molecule has 6 N–H and O–H groups in total. The molecule has 2 aromatic heterocycles. The molecule has 2 saturated heterocycles. The summed E-state index contributed by atoms with van der Waals surface area (Å²) < 4.78 is 0. The average molecular weight is 824 g/mol. The first-order chi connectivity index (χ1) is 28.8. The van der Waals surface area contributed by atoms with Crippen LogP contribution in [0.5, 0.6) is 11.5 Å². The Kier molecular flexibility index (Phi) is 20.5. The molecular formula is C44H56ClN10O4+. The van der Waals surface area contributed by atoms with Crippen molar-refractivity contribution in [3.05, 3.63) is 144 Å². The van der Waals surface area contributed by atoms with Gasteiger partial charge in [0.2, 0.25) is 0 Å². The highest BCUT2D eigenvalue weighted by molar-refractivity contribution is 6.17. The fourth-order valence-corrected chi connectivity index (χ4v) is 6.31. The molecule has 0 aliphatic carbocycles. The van der Waals surface area contributed by atoms with Gasteiger partial charge in [0, 0.05) is 100 Å². The van der Waals surface area contributed by atoms with E-state index in [2.05, 4.69) is 64.2 Å². The second-order valence-electron chi connectivity index (χ2n) is 13.8. The minimum Gasteiger partial charge on any atom is -0.507 e. The summed E-state index contributed by atoms with van der Waals surface area (Å²) in [6.07, 6.45) is 14.9. The molecule has 0 radical (unpaired) electrons. The van der Waals surface area contributed by atoms with E-state index in [-0.39, 0.29) is 23.3 Å². The Labute approximate surface area is 352 Å². The number of nitrogens with zero attached hydrogens (tertiary/aromatic N) is 6. The van der Waals surface area contributed by atoms with Crippen LogP contribution in [-0.4, -0.2) is 120 Å². The van der Waals surface area contributed by atoms with Crippen LogP contribution in [0, 0.1) is 0 Å². The van der Waals surface area contributed by atoms with Crippen LogP contribution in [0.4, 0.5) is 0 Å². The minimum absolute atomic E-state index is 0.153. The SMILES string of the molecule is C=CCc1cccc(/C=N/NC(=O)CN2CCN(Cc3ccncc3)CC2)c1O.C=CCc1cccc(/C=N/NC(=O)CN2CCNCC2)c1O.ClCc1cc[nH+]cc1. The molecule has 2 aromatic carbocycles. The summed E-state index contributed by atoms with van der Waals surface area (Å²) in [7, 11) is 0. The van der Waals surface area contributed by atoms with Crippen molar-refractivity contribution < 1.29 is 24.8 Å². The van der Waals surface area contributed by atoms with Gasteiger partial charge in [0.15, 0.2) is 12.4 Å². The van der Waals surface area contributed by atoms with Crippen molar-refractivity contribution in [2.45, 2.75) is 25.3 Å². The van der Waals surface area contributed by atoms with Crippen molar-refractivity contribution in [1.82, 2.24) is 35.9 Å². The highest BCUT2D eigenvalue weighted by atomic mass is 35.5. The number of hydrogen-bond acceptors (Lipinski definition) is 11. The first kappa shape index (κ1) is 45.9. The lowest BCUT2D eigenvalue weighted by Crippen LogP contribution is -2.48. The lowest BCUT2D eigenvalue weighted by molar-refractivity contribution is -0.378. The van der Waals surface area contributed by atoms with Gasteiger partial charge < -0.3 is 15.5 Å². The zero-order valence-electron chi connectivity index (χ0n) is 33.5. The van der Waals surface area contributed by atoms with Crippen LogP contribution in [0.2, 0.25) is 0 Å². The summed E-state index contributed by atoms with van der Waals surface area (Å²) in [4.78, 5) is 37.5. The molecule has 14 nitrogen and oxygen atoms in total. The van der Waals surface area contributed by atoms with E-state index in [1.165, 1.54) is 18.0 Å². The Morgan fingerprint density at radius 3 is 1.69 bits per heavy atom. The van der Waals surface area contributed by atoms with Gasteiger partial charge in [-0.05, 0) is 59.4 Å². The van der Waals surface area contributed by atoms with Crippen LogP contribution in [0.3, 0.4) is 0 Å². The van der Waals surface area contributed by atoms with E-state index in [1.807, 2.05) is 73.3 Å². The molecule has 312 valence electrons. The van der Waals surface area contributed by atoms with Gasteiger partial charge in [-0.2, -0.15) is 10.2 Å². The van der Waals surface area contributed by atoms with Crippen LogP contribution < -0.4 is 21.2 Å². The van der Waals surface area contributed by atoms with Gasteiger partial charge in [0.25, 0.3) is 11.8 Å². The maximum atomic E-state index is 12.2. The number of carbonyl (C=O) groups excluding carboxylic acids is 2. The van der Waals surface area contributed by atoms with E-state index in [0.717, 1.165) is 75.6 Å². The van der Waals surface area contributed by atoms with Gasteiger partial charge in [-0.3, -0.25) is 29.3 Å². The number of halogens is 1. The number of piperazine rings is 2. The van der Waals surface area contributed by atoms with E-state index >= 15 is 0 Å². The number of amides is 2. The van der Waals surface area contributed by atoms with Gasteiger partial charge in [-0.15, -0.1) is 24.8 Å². The number of nitrogens with one attached hydrogen (secondary N) is 4. The first-order valence-electron chi connectivity index (χ1n) is 19.5. The average Bonchev–Trinajstić information content (AvgIpc) is 3.26. The van der Waals surface area contributed by atoms with E-state index in [0.29, 0.717) is 42.9 Å². The first-order valence-corrected chi connectivity index (χ1v) is 20.1. The number of hydrazone groups is 2. The predicted molar refractivity (Wildman–Crippen MR) is 233 cm³/mol. The quantitative estimate of drug-likeness (QED) is 0.0521. The molecule has 0 atom stereocenters. The standard InChI is InChI=1S/C22H27N5O2.C16H22N4O2.C6H6ClN/c1-2-4-19-5-3-6-20(22(19)29)15-24-25-21(28)17-27-13-11-26(12-14-27)16-18-7-9-23-10-8-18;1-2-4-13-5-3-6-14(16(13)22)11-18-19-15(21)12-20-9-7-17-8-10-20;7-5-6-1-3-8-4-2-6/h2-3,5-10,15,29H,1,4,11-14,16-17H2,(H,25,28);2-3,5-6,11,17,22H,1,4,7-10,12H2,(H,19,21);1-4H,5H2/p+1/b24-15+;18-11+;. The van der Waals surface area contributed by atoms with Crippen molar-refractivity contribution >= 4 is 35.8 Å². The lowest BCUT2D eigenvalue weighted by atomic mass is 10.1. The smallest absolute Gasteiger partial charge is 0.254 e. The van der Waals surface area contributed by atoms with Gasteiger partial charge >= 0.3 is 0 Å². The molecule has 0 saturated carbocycles. The number of benzene rings is 2. The van der Waals surface area contributed by atoms with Crippen molar-refractivity contribution in [1.29, 1.82) is 0 Å². The second kappa shape index (κ2) is 26.3. The third-order valence-corrected chi connectivity index (χ3v) is 9.63. The minimum atomic E-state index is -0.162. The molecule has 15 heteroatoms. The zero-order valence-corrected chi connectivity index (χ0v) is 34.2. The number of hydrogen-bond donors (Lipinski definition) is 5. The number of phenols is 2. The monoisotopic (exact) mass is 823 g/mol. The number of carbonyl (C=O) groups is 2. The summed E-state index contributed by atoms with van der Waals surface area (Å²) in [5.41, 5.74) is 10.1.